The highest BCUT2D eigenvalue weighted by Gasteiger charge is 2.23. The number of methoxy groups -OCH3 is 1. The van der Waals surface area contributed by atoms with Gasteiger partial charge in [0, 0.05) is 57.3 Å². The second-order valence-electron chi connectivity index (χ2n) is 7.24. The Morgan fingerprint density at radius 3 is 2.10 bits per heavy atom. The number of amides is 1. The van der Waals surface area contributed by atoms with Crippen LogP contribution < -0.4 is 14.5 Å². The predicted octanol–water partition coefficient (Wildman–Crippen LogP) is 3.07. The fourth-order valence-corrected chi connectivity index (χ4v) is 3.59. The summed E-state index contributed by atoms with van der Waals surface area (Å²) in [6, 6.07) is 8.04. The third-order valence-corrected chi connectivity index (χ3v) is 5.16. The van der Waals surface area contributed by atoms with Crippen molar-refractivity contribution in [3.8, 4) is 5.75 Å². The molecule has 0 N–H and O–H groups in total. The lowest BCUT2D eigenvalue weighted by Crippen LogP contribution is -2.48. The fraction of sp³-hybridized carbons (Fsp3) is 0.500. The first-order chi connectivity index (χ1) is 14.2. The van der Waals surface area contributed by atoms with Crippen LogP contribution in [0.2, 0.25) is 0 Å². The number of hydrogen-bond donors (Lipinski definition) is 0. The van der Waals surface area contributed by atoms with Crippen LogP contribution in [0.15, 0.2) is 36.7 Å². The summed E-state index contributed by atoms with van der Waals surface area (Å²) in [5.74, 6) is 1.56. The van der Waals surface area contributed by atoms with Crippen molar-refractivity contribution in [3.63, 3.8) is 0 Å². The number of benzene rings is 1. The molecular weight excluding hydrogens is 366 g/mol. The van der Waals surface area contributed by atoms with Gasteiger partial charge in [0.15, 0.2) is 0 Å². The van der Waals surface area contributed by atoms with Crippen molar-refractivity contribution in [1.82, 2.24) is 14.9 Å². The molecule has 1 amide bonds. The van der Waals surface area contributed by atoms with Crippen LogP contribution in [0, 0.1) is 0 Å². The van der Waals surface area contributed by atoms with E-state index in [-0.39, 0.29) is 5.91 Å². The Bertz CT molecular complexity index is 765. The third-order valence-electron chi connectivity index (χ3n) is 5.16. The van der Waals surface area contributed by atoms with Crippen molar-refractivity contribution in [2.75, 3.05) is 56.2 Å². The largest absolute Gasteiger partial charge is 0.497 e. The summed E-state index contributed by atoms with van der Waals surface area (Å²) in [5.41, 5.74) is 1.71. The van der Waals surface area contributed by atoms with Crippen LogP contribution >= 0.6 is 0 Å². The van der Waals surface area contributed by atoms with Gasteiger partial charge >= 0.3 is 0 Å². The van der Waals surface area contributed by atoms with Gasteiger partial charge < -0.3 is 19.4 Å². The number of nitrogens with zero attached hydrogens (tertiary/aromatic N) is 5. The number of hydrogen-bond acceptors (Lipinski definition) is 6. The van der Waals surface area contributed by atoms with Gasteiger partial charge in [-0.05, 0) is 37.1 Å². The highest BCUT2D eigenvalue weighted by Crippen LogP contribution is 2.21. The topological polar surface area (TPSA) is 61.8 Å². The minimum Gasteiger partial charge on any atom is -0.497 e. The lowest BCUT2D eigenvalue weighted by atomic mass is 10.2. The predicted molar refractivity (Wildman–Crippen MR) is 116 cm³/mol. The highest BCUT2D eigenvalue weighted by atomic mass is 16.5. The first-order valence-corrected chi connectivity index (χ1v) is 10.4. The van der Waals surface area contributed by atoms with E-state index < -0.39 is 0 Å². The summed E-state index contributed by atoms with van der Waals surface area (Å²) in [7, 11) is 1.67. The van der Waals surface area contributed by atoms with Gasteiger partial charge in [0.05, 0.1) is 12.7 Å². The van der Waals surface area contributed by atoms with Crippen molar-refractivity contribution in [2.24, 2.45) is 0 Å². The Labute approximate surface area is 173 Å². The molecule has 2 aromatic rings. The quantitative estimate of drug-likeness (QED) is 0.682. The van der Waals surface area contributed by atoms with Crippen LogP contribution in [-0.2, 0) is 0 Å². The van der Waals surface area contributed by atoms with Gasteiger partial charge in [-0.2, -0.15) is 0 Å². The molecule has 1 aliphatic rings. The van der Waals surface area contributed by atoms with Gasteiger partial charge in [-0.1, -0.05) is 13.8 Å². The fourth-order valence-electron chi connectivity index (χ4n) is 3.59. The van der Waals surface area contributed by atoms with Crippen molar-refractivity contribution in [1.29, 1.82) is 0 Å². The molecule has 29 heavy (non-hydrogen) atoms. The zero-order chi connectivity index (χ0) is 20.6. The molecule has 1 aliphatic heterocycles. The number of rotatable bonds is 8. The second-order valence-corrected chi connectivity index (χ2v) is 7.24. The van der Waals surface area contributed by atoms with E-state index in [0.717, 1.165) is 50.5 Å². The molecule has 2 heterocycles. The Kier molecular flexibility index (Phi) is 7.27. The molecule has 3 rings (SSSR count). The number of piperazine rings is 1. The highest BCUT2D eigenvalue weighted by molar-refractivity contribution is 5.93. The Morgan fingerprint density at radius 2 is 1.59 bits per heavy atom. The van der Waals surface area contributed by atoms with Crippen LogP contribution in [-0.4, -0.2) is 67.2 Å². The van der Waals surface area contributed by atoms with Crippen LogP contribution in [0.5, 0.6) is 5.75 Å². The molecule has 0 bridgehead atoms. The Balaban J connectivity index is 1.58. The minimum absolute atomic E-state index is 0.00321. The van der Waals surface area contributed by atoms with E-state index in [1.807, 2.05) is 17.0 Å². The number of carbonyl (C=O) groups excluding carboxylic acids is 1. The average Bonchev–Trinajstić information content (AvgIpc) is 2.79. The number of aromatic nitrogens is 2. The molecule has 7 nitrogen and oxygen atoms in total. The van der Waals surface area contributed by atoms with E-state index in [2.05, 4.69) is 45.7 Å². The van der Waals surface area contributed by atoms with Gasteiger partial charge in [0.1, 0.15) is 5.75 Å². The molecule has 0 atom stereocenters. The molecule has 0 saturated carbocycles. The van der Waals surface area contributed by atoms with E-state index in [9.17, 15) is 4.79 Å². The lowest BCUT2D eigenvalue weighted by molar-refractivity contribution is 0.0746. The molecule has 1 aromatic heterocycles. The van der Waals surface area contributed by atoms with Crippen LogP contribution in [0.3, 0.4) is 0 Å². The first-order valence-electron chi connectivity index (χ1n) is 10.4. The molecule has 0 spiro atoms. The molecular formula is C22H31N5O2. The lowest BCUT2D eigenvalue weighted by Gasteiger charge is -2.36. The van der Waals surface area contributed by atoms with Gasteiger partial charge in [-0.15, -0.1) is 0 Å². The van der Waals surface area contributed by atoms with E-state index in [0.29, 0.717) is 24.6 Å². The van der Waals surface area contributed by atoms with E-state index >= 15 is 0 Å². The summed E-state index contributed by atoms with van der Waals surface area (Å²) in [6.07, 6.45) is 5.42. The van der Waals surface area contributed by atoms with Crippen molar-refractivity contribution in [2.45, 2.75) is 26.7 Å². The molecule has 7 heteroatoms. The van der Waals surface area contributed by atoms with Crippen LogP contribution in [0.4, 0.5) is 11.6 Å². The molecule has 1 saturated heterocycles. The summed E-state index contributed by atoms with van der Waals surface area (Å²) in [5, 5.41) is 0. The summed E-state index contributed by atoms with van der Waals surface area (Å²) < 4.78 is 5.22. The maximum Gasteiger partial charge on any atom is 0.257 e. The summed E-state index contributed by atoms with van der Waals surface area (Å²) in [6.45, 7) is 9.12. The third kappa shape index (κ3) is 5.16. The molecule has 0 radical (unpaired) electrons. The zero-order valence-electron chi connectivity index (χ0n) is 17.7. The zero-order valence-corrected chi connectivity index (χ0v) is 17.7. The van der Waals surface area contributed by atoms with Gasteiger partial charge in [0.25, 0.3) is 5.91 Å². The molecule has 1 aromatic carbocycles. The summed E-state index contributed by atoms with van der Waals surface area (Å²) in [4.78, 5) is 28.1. The normalized spacial score (nSPS) is 14.0. The summed E-state index contributed by atoms with van der Waals surface area (Å²) >= 11 is 0. The number of anilines is 2. The van der Waals surface area contributed by atoms with Crippen LogP contribution in [0.1, 0.15) is 37.0 Å². The first kappa shape index (κ1) is 20.9. The van der Waals surface area contributed by atoms with E-state index in [1.165, 1.54) is 0 Å². The Hall–Kier alpha value is -2.83. The maximum absolute atomic E-state index is 12.9. The van der Waals surface area contributed by atoms with Crippen molar-refractivity contribution in [3.05, 3.63) is 42.2 Å². The molecule has 0 unspecified atom stereocenters. The van der Waals surface area contributed by atoms with Gasteiger partial charge in [0.2, 0.25) is 5.95 Å². The van der Waals surface area contributed by atoms with Crippen molar-refractivity contribution >= 4 is 17.5 Å². The molecule has 0 aliphatic carbocycles. The monoisotopic (exact) mass is 397 g/mol. The average molecular weight is 398 g/mol. The molecule has 156 valence electrons. The number of carbonyl (C=O) groups is 1. The SMILES string of the molecule is CCCN(CCC)c1ncc(C(=O)N2CCN(c3ccc(OC)cc3)CC2)cn1. The van der Waals surface area contributed by atoms with E-state index in [1.54, 1.807) is 19.5 Å². The molecule has 1 fully saturated rings. The minimum atomic E-state index is 0.00321. The van der Waals surface area contributed by atoms with E-state index in [4.69, 9.17) is 4.74 Å². The van der Waals surface area contributed by atoms with Crippen molar-refractivity contribution < 1.29 is 9.53 Å². The van der Waals surface area contributed by atoms with Crippen LogP contribution in [0.25, 0.3) is 0 Å². The second kappa shape index (κ2) is 10.1. The maximum atomic E-state index is 12.9. The number of ether oxygens (including phenoxy) is 1. The standard InChI is InChI=1S/C22H31N5O2/c1-4-10-27(11-5-2)22-23-16-18(17-24-22)21(28)26-14-12-25(13-15-26)19-6-8-20(29-3)9-7-19/h6-9,16-17H,4-5,10-15H2,1-3H3. The van der Waals surface area contributed by atoms with Gasteiger partial charge in [-0.25, -0.2) is 9.97 Å². The van der Waals surface area contributed by atoms with Gasteiger partial charge in [-0.3, -0.25) is 4.79 Å². The smallest absolute Gasteiger partial charge is 0.257 e. The Morgan fingerprint density at radius 1 is 1.00 bits per heavy atom.